The van der Waals surface area contributed by atoms with Crippen molar-refractivity contribution < 1.29 is 24.2 Å². The summed E-state index contributed by atoms with van der Waals surface area (Å²) in [6.07, 6.45) is 4.09. The molecule has 1 spiro atoms. The van der Waals surface area contributed by atoms with E-state index < -0.39 is 28.7 Å². The highest BCUT2D eigenvalue weighted by Gasteiger charge is 2.77. The lowest BCUT2D eigenvalue weighted by Gasteiger charge is -2.43. The quantitative estimate of drug-likeness (QED) is 0.345. The Labute approximate surface area is 264 Å². The molecule has 3 aliphatic rings. The first kappa shape index (κ1) is 31.9. The molecule has 3 saturated heterocycles. The minimum atomic E-state index is -0.867. The van der Waals surface area contributed by atoms with Gasteiger partial charge in [-0.15, -0.1) is 24.9 Å². The van der Waals surface area contributed by atoms with Gasteiger partial charge < -0.3 is 24.5 Å². The van der Waals surface area contributed by atoms with E-state index in [2.05, 4.69) is 20.1 Å². The van der Waals surface area contributed by atoms with Crippen LogP contribution in [0.1, 0.15) is 27.2 Å². The van der Waals surface area contributed by atoms with Gasteiger partial charge in [-0.3, -0.25) is 14.4 Å². The van der Waals surface area contributed by atoms with Crippen LogP contribution in [0.3, 0.4) is 0 Å². The number of aliphatic hydroxyl groups is 1. The highest BCUT2D eigenvalue weighted by atomic mass is 32.2. The Morgan fingerprint density at radius 2 is 1.64 bits per heavy atom. The van der Waals surface area contributed by atoms with Crippen molar-refractivity contribution >= 4 is 40.9 Å². The van der Waals surface area contributed by atoms with Crippen LogP contribution in [-0.4, -0.2) is 76.6 Å². The van der Waals surface area contributed by atoms with Crippen molar-refractivity contribution in [2.24, 2.45) is 23.7 Å². The van der Waals surface area contributed by atoms with Crippen molar-refractivity contribution in [1.82, 2.24) is 4.90 Å². The number of nitrogens with zero attached hydrogens (tertiary/aromatic N) is 3. The SMILES string of the molecule is C=CCN(C(=O)C1N([C@@H](CO)C(C)C)C(=O)[C@@H]2[C@H](C(=O)N(CC=C)c3ccccc3)[C@@H]3CC(C)C12S3)c1ccc(OC)cc1. The Morgan fingerprint density at radius 3 is 2.18 bits per heavy atom. The zero-order valence-electron chi connectivity index (χ0n) is 26.0. The largest absolute Gasteiger partial charge is 0.497 e. The number of amides is 3. The Kier molecular flexibility index (Phi) is 9.28. The van der Waals surface area contributed by atoms with Crippen LogP contribution < -0.4 is 14.5 Å². The first-order chi connectivity index (χ1) is 21.2. The molecule has 0 aromatic heterocycles. The first-order valence-electron chi connectivity index (χ1n) is 15.3. The van der Waals surface area contributed by atoms with Gasteiger partial charge in [0.15, 0.2) is 0 Å². The fourth-order valence-electron chi connectivity index (χ4n) is 7.60. The van der Waals surface area contributed by atoms with Crippen molar-refractivity contribution in [2.45, 2.75) is 49.3 Å². The third-order valence-electron chi connectivity index (χ3n) is 9.62. The number of methoxy groups -OCH3 is 1. The summed E-state index contributed by atoms with van der Waals surface area (Å²) in [6, 6.07) is 15.2. The molecule has 1 N–H and O–H groups in total. The van der Waals surface area contributed by atoms with Crippen molar-refractivity contribution in [3.05, 3.63) is 79.9 Å². The summed E-state index contributed by atoms with van der Waals surface area (Å²) in [5, 5.41) is 10.5. The lowest BCUT2D eigenvalue weighted by molar-refractivity contribution is -0.142. The van der Waals surface area contributed by atoms with Crippen molar-refractivity contribution in [3.63, 3.8) is 0 Å². The molecule has 0 saturated carbocycles. The molecule has 8 nitrogen and oxygen atoms in total. The predicted molar refractivity (Wildman–Crippen MR) is 176 cm³/mol. The van der Waals surface area contributed by atoms with Gasteiger partial charge >= 0.3 is 0 Å². The van der Waals surface area contributed by atoms with E-state index in [1.54, 1.807) is 57.9 Å². The fraction of sp³-hybridized carbons (Fsp3) is 0.457. The van der Waals surface area contributed by atoms with Crippen LogP contribution in [0.15, 0.2) is 79.9 Å². The standard InChI is InChI=1S/C35H43N3O5S/c1-7-18-36(24-12-10-9-11-13-24)32(40)29-28-20-23(5)35(44-28)30(29)33(41)38(27(21-39)22(3)4)31(35)34(42)37(19-8-2)25-14-16-26(43-6)17-15-25/h7-17,22-23,27-31,39H,1-2,18-21H2,3-6H3/t23?,27-,28-,29+,30-,31?,35?/m0/s1. The van der Waals surface area contributed by atoms with E-state index in [9.17, 15) is 19.5 Å². The van der Waals surface area contributed by atoms with Crippen LogP contribution in [0.5, 0.6) is 5.75 Å². The van der Waals surface area contributed by atoms with Gasteiger partial charge in [0.1, 0.15) is 11.8 Å². The number of anilines is 2. The summed E-state index contributed by atoms with van der Waals surface area (Å²) in [7, 11) is 1.59. The van der Waals surface area contributed by atoms with E-state index >= 15 is 0 Å². The summed E-state index contributed by atoms with van der Waals surface area (Å²) in [5.74, 6) is -1.35. The second-order valence-corrected chi connectivity index (χ2v) is 13.8. The molecular weight excluding hydrogens is 574 g/mol. The number of carbonyl (C=O) groups excluding carboxylic acids is 3. The third-order valence-corrected chi connectivity index (χ3v) is 11.7. The number of aliphatic hydroxyl groups excluding tert-OH is 1. The van der Waals surface area contributed by atoms with Crippen LogP contribution in [0.25, 0.3) is 0 Å². The number of para-hydroxylation sites is 1. The summed E-state index contributed by atoms with van der Waals surface area (Å²) < 4.78 is 4.51. The lowest BCUT2D eigenvalue weighted by Crippen LogP contribution is -2.60. The molecule has 0 aliphatic carbocycles. The molecule has 0 radical (unpaired) electrons. The number of thioether (sulfide) groups is 1. The topological polar surface area (TPSA) is 90.4 Å². The second-order valence-electron chi connectivity index (χ2n) is 12.3. The Bertz CT molecular complexity index is 1400. The molecule has 3 unspecified atom stereocenters. The molecule has 3 amide bonds. The number of benzene rings is 2. The minimum Gasteiger partial charge on any atom is -0.497 e. The smallest absolute Gasteiger partial charge is 0.251 e. The molecule has 44 heavy (non-hydrogen) atoms. The summed E-state index contributed by atoms with van der Waals surface area (Å²) in [4.78, 5) is 49.2. The zero-order chi connectivity index (χ0) is 31.8. The molecular formula is C35H43N3O5S. The monoisotopic (exact) mass is 617 g/mol. The van der Waals surface area contributed by atoms with E-state index in [1.807, 2.05) is 56.3 Å². The molecule has 2 aromatic carbocycles. The number of rotatable bonds is 12. The number of hydrogen-bond donors (Lipinski definition) is 1. The van der Waals surface area contributed by atoms with Crippen molar-refractivity contribution in [3.8, 4) is 5.75 Å². The maximum atomic E-state index is 14.9. The molecule has 5 rings (SSSR count). The van der Waals surface area contributed by atoms with Crippen LogP contribution >= 0.6 is 11.8 Å². The van der Waals surface area contributed by atoms with Crippen molar-refractivity contribution in [1.29, 1.82) is 0 Å². The van der Waals surface area contributed by atoms with Crippen LogP contribution in [0, 0.1) is 23.7 Å². The van der Waals surface area contributed by atoms with Gasteiger partial charge in [0.2, 0.25) is 11.8 Å². The van der Waals surface area contributed by atoms with Gasteiger partial charge in [0, 0.05) is 29.7 Å². The van der Waals surface area contributed by atoms with E-state index in [0.717, 1.165) is 5.69 Å². The Balaban J connectivity index is 1.63. The number of ether oxygens (including phenoxy) is 1. The van der Waals surface area contributed by atoms with Crippen LogP contribution in [0.2, 0.25) is 0 Å². The third kappa shape index (κ3) is 5.04. The van der Waals surface area contributed by atoms with Gasteiger partial charge in [-0.25, -0.2) is 0 Å². The van der Waals surface area contributed by atoms with E-state index in [-0.39, 0.29) is 48.0 Å². The van der Waals surface area contributed by atoms with Gasteiger partial charge in [0.05, 0.1) is 36.3 Å². The number of carbonyl (C=O) groups is 3. The van der Waals surface area contributed by atoms with Gasteiger partial charge in [-0.05, 0) is 54.7 Å². The lowest BCUT2D eigenvalue weighted by atomic mass is 9.65. The zero-order valence-corrected chi connectivity index (χ0v) is 26.8. The predicted octanol–water partition coefficient (Wildman–Crippen LogP) is 4.79. The first-order valence-corrected chi connectivity index (χ1v) is 16.2. The van der Waals surface area contributed by atoms with Crippen molar-refractivity contribution in [2.75, 3.05) is 36.6 Å². The molecule has 3 fully saturated rings. The maximum Gasteiger partial charge on any atom is 0.251 e. The molecule has 3 heterocycles. The molecule has 9 heteroatoms. The normalized spacial score (nSPS) is 27.6. The highest BCUT2D eigenvalue weighted by molar-refractivity contribution is 8.02. The number of fused-ring (bicyclic) bond motifs is 1. The van der Waals surface area contributed by atoms with Gasteiger partial charge in [-0.2, -0.15) is 0 Å². The number of likely N-dealkylation sites (tertiary alicyclic amines) is 1. The minimum absolute atomic E-state index is 0.00742. The molecule has 234 valence electrons. The summed E-state index contributed by atoms with van der Waals surface area (Å²) in [5.41, 5.74) is 1.40. The molecule has 2 bridgehead atoms. The maximum absolute atomic E-state index is 14.9. The van der Waals surface area contributed by atoms with E-state index in [0.29, 0.717) is 24.4 Å². The van der Waals surface area contributed by atoms with Crippen LogP contribution in [-0.2, 0) is 14.4 Å². The Hall–Kier alpha value is -3.56. The van der Waals surface area contributed by atoms with E-state index in [1.165, 1.54) is 0 Å². The molecule has 3 aliphatic heterocycles. The molecule has 7 atom stereocenters. The average molecular weight is 618 g/mol. The molecule has 2 aromatic rings. The van der Waals surface area contributed by atoms with Crippen LogP contribution in [0.4, 0.5) is 11.4 Å². The van der Waals surface area contributed by atoms with Gasteiger partial charge in [-0.1, -0.05) is 51.1 Å². The average Bonchev–Trinajstić information content (AvgIpc) is 3.62. The number of hydrogen-bond acceptors (Lipinski definition) is 6. The highest BCUT2D eigenvalue weighted by Crippen LogP contribution is 2.69. The second kappa shape index (κ2) is 12.8. The summed E-state index contributed by atoms with van der Waals surface area (Å²) >= 11 is 1.63. The van der Waals surface area contributed by atoms with Gasteiger partial charge in [0.25, 0.3) is 5.91 Å². The fourth-order valence-corrected chi connectivity index (χ4v) is 9.99. The Morgan fingerprint density at radius 1 is 1.05 bits per heavy atom. The van der Waals surface area contributed by atoms with E-state index in [4.69, 9.17) is 4.74 Å². The summed E-state index contributed by atoms with van der Waals surface area (Å²) in [6.45, 7) is 14.1.